The summed E-state index contributed by atoms with van der Waals surface area (Å²) in [5, 5.41) is 0. The van der Waals surface area contributed by atoms with Gasteiger partial charge in [0.15, 0.2) is 0 Å². The van der Waals surface area contributed by atoms with Crippen LogP contribution in [0.4, 0.5) is 0 Å². The van der Waals surface area contributed by atoms with Crippen LogP contribution in [0.1, 0.15) is 6.92 Å². The summed E-state index contributed by atoms with van der Waals surface area (Å²) >= 11 is 0. The lowest BCUT2D eigenvalue weighted by molar-refractivity contribution is 0.0306. The van der Waals surface area contributed by atoms with E-state index in [4.69, 9.17) is 4.74 Å². The summed E-state index contributed by atoms with van der Waals surface area (Å²) in [7, 11) is 6.88. The first-order chi connectivity index (χ1) is 4.63. The van der Waals surface area contributed by atoms with Crippen LogP contribution >= 0.6 is 0 Å². The molecule has 1 saturated heterocycles. The third-order valence-corrected chi connectivity index (χ3v) is 3.09. The van der Waals surface area contributed by atoms with E-state index in [0.29, 0.717) is 6.10 Å². The van der Waals surface area contributed by atoms with Crippen molar-refractivity contribution in [2.24, 2.45) is 0 Å². The average molecular weight is 136 g/mol. The van der Waals surface area contributed by atoms with Crippen LogP contribution in [0.2, 0.25) is 17.5 Å². The second kappa shape index (κ2) is 3.04. The molecule has 0 spiro atoms. The highest BCUT2D eigenvalue weighted by Gasteiger charge is 2.28. The predicted molar refractivity (Wildman–Crippen MR) is 52.3 cm³/mol. The molecule has 1 aliphatic heterocycles. The van der Waals surface area contributed by atoms with Crippen molar-refractivity contribution in [1.29, 1.82) is 0 Å². The Morgan fingerprint density at radius 1 is 1.20 bits per heavy atom. The summed E-state index contributed by atoms with van der Waals surface area (Å²) < 4.78 is 5.57. The Morgan fingerprint density at radius 2 is 1.80 bits per heavy atom. The highest BCUT2D eigenvalue weighted by Crippen LogP contribution is 2.37. The van der Waals surface area contributed by atoms with E-state index in [1.54, 1.807) is 0 Å². The van der Waals surface area contributed by atoms with Crippen molar-refractivity contribution in [2.75, 3.05) is 6.61 Å². The lowest BCUT2D eigenvalue weighted by atomic mass is 9.53. The van der Waals surface area contributed by atoms with Crippen molar-refractivity contribution < 1.29 is 4.74 Å². The van der Waals surface area contributed by atoms with E-state index in [0.717, 1.165) is 24.1 Å². The van der Waals surface area contributed by atoms with Gasteiger partial charge in [-0.3, -0.25) is 0 Å². The van der Waals surface area contributed by atoms with Gasteiger partial charge in [-0.2, -0.15) is 0 Å². The Hall–Kier alpha value is 0.155. The molecule has 0 bridgehead atoms. The van der Waals surface area contributed by atoms with E-state index < -0.39 is 0 Å². The summed E-state index contributed by atoms with van der Waals surface area (Å²) in [5.41, 5.74) is 0. The van der Waals surface area contributed by atoms with Gasteiger partial charge in [-0.1, -0.05) is 11.6 Å². The lowest BCUT2D eigenvalue weighted by Crippen LogP contribution is -2.31. The molecule has 0 amide bonds. The smallest absolute Gasteiger partial charge is 0.108 e. The molecule has 3 unspecified atom stereocenters. The number of hydrogen-bond acceptors (Lipinski definition) is 1. The van der Waals surface area contributed by atoms with Gasteiger partial charge in [-0.05, 0) is 12.7 Å². The molecule has 1 nitrogen and oxygen atoms in total. The van der Waals surface area contributed by atoms with Gasteiger partial charge in [0, 0.05) is 12.7 Å². The molecule has 0 N–H and O–H groups in total. The first-order valence-electron chi connectivity index (χ1n) is 4.24. The molecule has 4 atom stereocenters. The first-order valence-corrected chi connectivity index (χ1v) is 4.24. The third-order valence-electron chi connectivity index (χ3n) is 3.09. The van der Waals surface area contributed by atoms with Gasteiger partial charge in [0.1, 0.15) is 23.5 Å². The molecule has 0 aromatic heterocycles. The topological polar surface area (TPSA) is 9.23 Å². The Bertz CT molecular complexity index is 106. The van der Waals surface area contributed by atoms with Crippen molar-refractivity contribution in [1.82, 2.24) is 0 Å². The third kappa shape index (κ3) is 1.42. The van der Waals surface area contributed by atoms with Crippen molar-refractivity contribution in [3.05, 3.63) is 0 Å². The van der Waals surface area contributed by atoms with Gasteiger partial charge in [0.2, 0.25) is 0 Å². The molecule has 1 aliphatic rings. The average Bonchev–Trinajstić information content (AvgIpc) is 1.93. The van der Waals surface area contributed by atoms with Crippen LogP contribution in [0.5, 0.6) is 0 Å². The minimum atomic E-state index is 0.464. The van der Waals surface area contributed by atoms with Gasteiger partial charge in [-0.25, -0.2) is 0 Å². The molecule has 0 radical (unpaired) electrons. The quantitative estimate of drug-likeness (QED) is 0.374. The number of rotatable bonds is 0. The summed E-state index contributed by atoms with van der Waals surface area (Å²) in [6, 6.07) is 0. The predicted octanol–water partition coefficient (Wildman–Crippen LogP) is -1.33. The molecule has 0 aromatic rings. The minimum absolute atomic E-state index is 0.464. The second-order valence-corrected chi connectivity index (χ2v) is 3.73. The summed E-state index contributed by atoms with van der Waals surface area (Å²) in [6.45, 7) is 3.12. The molecule has 1 rings (SSSR count). The fourth-order valence-electron chi connectivity index (χ4n) is 1.55. The van der Waals surface area contributed by atoms with Crippen LogP contribution in [-0.2, 0) is 4.74 Å². The van der Waals surface area contributed by atoms with Crippen molar-refractivity contribution in [2.45, 2.75) is 30.5 Å². The molecule has 0 saturated carbocycles. The fourth-order valence-corrected chi connectivity index (χ4v) is 1.55. The second-order valence-electron chi connectivity index (χ2n) is 3.73. The molecule has 1 heterocycles. The van der Waals surface area contributed by atoms with Gasteiger partial charge in [0.05, 0.1) is 0 Å². The molecule has 10 heavy (non-hydrogen) atoms. The standard InChI is InChI=1S/C6H15B3O/c1-3-5(8)6(9)4(7)2-10-3/h3-6H,2,7-9H2,1H3/t3?,4-,5?,6?/m1/s1. The van der Waals surface area contributed by atoms with Crippen LogP contribution in [0, 0.1) is 0 Å². The zero-order chi connectivity index (χ0) is 7.72. The van der Waals surface area contributed by atoms with Crippen LogP contribution in [0.15, 0.2) is 0 Å². The van der Waals surface area contributed by atoms with E-state index >= 15 is 0 Å². The van der Waals surface area contributed by atoms with E-state index in [1.165, 1.54) is 0 Å². The molecule has 0 aromatic carbocycles. The Labute approximate surface area is 66.1 Å². The van der Waals surface area contributed by atoms with Gasteiger partial charge < -0.3 is 4.74 Å². The Balaban J connectivity index is 2.52. The van der Waals surface area contributed by atoms with Crippen molar-refractivity contribution >= 4 is 23.5 Å². The summed E-state index contributed by atoms with van der Waals surface area (Å²) in [5.74, 6) is 2.29. The molecular formula is C6H15B3O. The maximum Gasteiger partial charge on any atom is 0.108 e. The van der Waals surface area contributed by atoms with Crippen LogP contribution in [-0.4, -0.2) is 36.2 Å². The van der Waals surface area contributed by atoms with Gasteiger partial charge >= 0.3 is 0 Å². The summed E-state index contributed by atoms with van der Waals surface area (Å²) in [4.78, 5) is 0. The molecule has 0 aliphatic carbocycles. The zero-order valence-corrected chi connectivity index (χ0v) is 7.42. The molecular weight excluding hydrogens is 121 g/mol. The zero-order valence-electron chi connectivity index (χ0n) is 7.42. The maximum atomic E-state index is 5.57. The Kier molecular flexibility index (Phi) is 2.51. The van der Waals surface area contributed by atoms with Crippen LogP contribution in [0.25, 0.3) is 0 Å². The molecule has 1 fully saturated rings. The monoisotopic (exact) mass is 136 g/mol. The van der Waals surface area contributed by atoms with Crippen LogP contribution in [0.3, 0.4) is 0 Å². The number of hydrogen-bond donors (Lipinski definition) is 0. The van der Waals surface area contributed by atoms with E-state index in [-0.39, 0.29) is 0 Å². The van der Waals surface area contributed by atoms with E-state index in [9.17, 15) is 0 Å². The van der Waals surface area contributed by atoms with Gasteiger partial charge in [-0.15, -0.1) is 0 Å². The minimum Gasteiger partial charge on any atom is -0.379 e. The lowest BCUT2D eigenvalue weighted by Gasteiger charge is -2.37. The van der Waals surface area contributed by atoms with Crippen molar-refractivity contribution in [3.63, 3.8) is 0 Å². The maximum absolute atomic E-state index is 5.57. The van der Waals surface area contributed by atoms with E-state index in [1.807, 2.05) is 0 Å². The highest BCUT2D eigenvalue weighted by molar-refractivity contribution is 6.26. The normalized spacial score (nSPS) is 48.9. The highest BCUT2D eigenvalue weighted by atomic mass is 16.5. The molecule has 4 heteroatoms. The van der Waals surface area contributed by atoms with Gasteiger partial charge in [0.25, 0.3) is 0 Å². The van der Waals surface area contributed by atoms with Crippen LogP contribution < -0.4 is 0 Å². The SMILES string of the molecule is BC1C(C)OC[C@@H](B)C1B. The fraction of sp³-hybridized carbons (Fsp3) is 1.00. The summed E-state index contributed by atoms with van der Waals surface area (Å²) in [6.07, 6.45) is 0.464. The van der Waals surface area contributed by atoms with Crippen molar-refractivity contribution in [3.8, 4) is 0 Å². The molecule has 54 valence electrons. The first kappa shape index (κ1) is 8.25. The largest absolute Gasteiger partial charge is 0.379 e. The Morgan fingerprint density at radius 3 is 2.30 bits per heavy atom. The number of ether oxygens (including phenoxy) is 1. The van der Waals surface area contributed by atoms with E-state index in [2.05, 4.69) is 30.5 Å².